The van der Waals surface area contributed by atoms with Crippen LogP contribution in [-0.2, 0) is 5.75 Å². The van der Waals surface area contributed by atoms with Gasteiger partial charge in [0.15, 0.2) is 0 Å². The molecule has 1 N–H and O–H groups in total. The van der Waals surface area contributed by atoms with E-state index < -0.39 is 0 Å². The molecule has 1 aromatic rings. The van der Waals surface area contributed by atoms with E-state index in [1.54, 1.807) is 12.1 Å². The molecule has 1 aromatic carbocycles. The molecule has 0 bridgehead atoms. The Morgan fingerprint density at radius 1 is 1.56 bits per heavy atom. The summed E-state index contributed by atoms with van der Waals surface area (Å²) in [5.41, 5.74) is 1.96. The summed E-state index contributed by atoms with van der Waals surface area (Å²) < 4.78 is 14.7. The molecule has 0 saturated heterocycles. The summed E-state index contributed by atoms with van der Waals surface area (Å²) in [6.07, 6.45) is 1.10. The first kappa shape index (κ1) is 12.4. The van der Waals surface area contributed by atoms with Gasteiger partial charge < -0.3 is 5.32 Å². The first-order valence-electron chi connectivity index (χ1n) is 5.44. The van der Waals surface area contributed by atoms with Gasteiger partial charge in [0.05, 0.1) is 0 Å². The first-order valence-corrected chi connectivity index (χ1v) is 7.28. The van der Waals surface area contributed by atoms with Crippen molar-refractivity contribution in [1.82, 2.24) is 5.32 Å². The van der Waals surface area contributed by atoms with E-state index >= 15 is 0 Å². The molecule has 1 heterocycles. The molecule has 0 saturated carbocycles. The second-order valence-electron chi connectivity index (χ2n) is 3.95. The molecule has 0 aliphatic carbocycles. The Labute approximate surface area is 108 Å². The molecule has 0 amide bonds. The highest BCUT2D eigenvalue weighted by molar-refractivity contribution is 9.10. The van der Waals surface area contributed by atoms with Gasteiger partial charge in [-0.2, -0.15) is 11.8 Å². The van der Waals surface area contributed by atoms with E-state index in [9.17, 15) is 4.39 Å². The summed E-state index contributed by atoms with van der Waals surface area (Å²) >= 11 is 5.38. The molecule has 88 valence electrons. The van der Waals surface area contributed by atoms with Crippen molar-refractivity contribution in [1.29, 1.82) is 0 Å². The number of rotatable bonds is 2. The van der Waals surface area contributed by atoms with E-state index in [4.69, 9.17) is 0 Å². The van der Waals surface area contributed by atoms with Crippen LogP contribution < -0.4 is 5.32 Å². The van der Waals surface area contributed by atoms with E-state index in [1.807, 2.05) is 18.8 Å². The maximum absolute atomic E-state index is 13.7. The van der Waals surface area contributed by atoms with Crippen molar-refractivity contribution in [2.24, 2.45) is 0 Å². The highest BCUT2D eigenvalue weighted by Gasteiger charge is 2.31. The van der Waals surface area contributed by atoms with Crippen molar-refractivity contribution in [2.75, 3.05) is 7.05 Å². The maximum Gasteiger partial charge on any atom is 0.127 e. The van der Waals surface area contributed by atoms with Crippen LogP contribution in [0.3, 0.4) is 0 Å². The molecule has 0 spiro atoms. The molecule has 1 aliphatic rings. The minimum atomic E-state index is -0.0829. The predicted molar refractivity (Wildman–Crippen MR) is 71.3 cm³/mol. The number of thioether (sulfide) groups is 1. The van der Waals surface area contributed by atoms with E-state index in [-0.39, 0.29) is 11.9 Å². The lowest BCUT2D eigenvalue weighted by molar-refractivity contribution is 0.531. The Balaban J connectivity index is 2.51. The van der Waals surface area contributed by atoms with Crippen LogP contribution in [0.2, 0.25) is 0 Å². The van der Waals surface area contributed by atoms with Gasteiger partial charge in [0.2, 0.25) is 0 Å². The summed E-state index contributed by atoms with van der Waals surface area (Å²) in [7, 11) is 1.94. The molecule has 0 radical (unpaired) electrons. The lowest BCUT2D eigenvalue weighted by Crippen LogP contribution is -2.31. The molecule has 2 rings (SSSR count). The van der Waals surface area contributed by atoms with Gasteiger partial charge in [-0.3, -0.25) is 0 Å². The Hall–Kier alpha value is -0.0600. The molecule has 1 aliphatic heterocycles. The maximum atomic E-state index is 13.7. The minimum absolute atomic E-state index is 0.0829. The molecule has 0 fully saturated rings. The van der Waals surface area contributed by atoms with Gasteiger partial charge in [0, 0.05) is 27.1 Å². The van der Waals surface area contributed by atoms with Crippen molar-refractivity contribution in [2.45, 2.75) is 30.4 Å². The summed E-state index contributed by atoms with van der Waals surface area (Å²) in [6.45, 7) is 2.18. The fourth-order valence-electron chi connectivity index (χ4n) is 2.25. The number of nitrogens with one attached hydrogen (secondary N) is 1. The third-order valence-electron chi connectivity index (χ3n) is 3.08. The largest absolute Gasteiger partial charge is 0.312 e. The third-order valence-corrected chi connectivity index (χ3v) is 5.27. The van der Waals surface area contributed by atoms with Crippen LogP contribution in [0.15, 0.2) is 16.6 Å². The molecular formula is C12H15BrFNS. The number of halogens is 2. The number of benzene rings is 1. The van der Waals surface area contributed by atoms with Crippen LogP contribution in [0.4, 0.5) is 4.39 Å². The summed E-state index contributed by atoms with van der Waals surface area (Å²) in [4.78, 5) is 0. The minimum Gasteiger partial charge on any atom is -0.312 e. The molecule has 16 heavy (non-hydrogen) atoms. The Morgan fingerprint density at radius 2 is 2.31 bits per heavy atom. The van der Waals surface area contributed by atoms with Crippen LogP contribution in [0.5, 0.6) is 0 Å². The normalized spacial score (nSPS) is 24.2. The summed E-state index contributed by atoms with van der Waals surface area (Å²) in [5, 5.41) is 3.84. The molecule has 0 aromatic heterocycles. The van der Waals surface area contributed by atoms with Crippen molar-refractivity contribution in [3.8, 4) is 0 Å². The van der Waals surface area contributed by atoms with Crippen LogP contribution >= 0.6 is 27.7 Å². The van der Waals surface area contributed by atoms with Crippen molar-refractivity contribution in [3.05, 3.63) is 33.5 Å². The van der Waals surface area contributed by atoms with Gasteiger partial charge >= 0.3 is 0 Å². The first-order chi connectivity index (χ1) is 7.69. The number of fused-ring (bicyclic) bond motifs is 1. The summed E-state index contributed by atoms with van der Waals surface area (Å²) in [5.74, 6) is 0.692. The van der Waals surface area contributed by atoms with Crippen molar-refractivity contribution in [3.63, 3.8) is 0 Å². The lowest BCUT2D eigenvalue weighted by Gasteiger charge is -2.33. The average Bonchev–Trinajstić information content (AvgIpc) is 2.32. The van der Waals surface area contributed by atoms with Gasteiger partial charge in [-0.15, -0.1) is 0 Å². The monoisotopic (exact) mass is 303 g/mol. The zero-order valence-electron chi connectivity index (χ0n) is 9.39. The fourth-order valence-corrected chi connectivity index (χ4v) is 4.24. The Kier molecular flexibility index (Phi) is 3.93. The van der Waals surface area contributed by atoms with E-state index in [0.717, 1.165) is 27.8 Å². The second kappa shape index (κ2) is 5.07. The quantitative estimate of drug-likeness (QED) is 0.890. The fraction of sp³-hybridized carbons (Fsp3) is 0.500. The standard InChI is InChI=1S/C12H15BrFNS/c1-3-10-12(15-2)11-7(6-16-10)9(14)5-4-8(11)13/h4-5,10,12,15H,3,6H2,1-2H3. The zero-order valence-corrected chi connectivity index (χ0v) is 11.8. The van der Waals surface area contributed by atoms with Gasteiger partial charge in [-0.1, -0.05) is 22.9 Å². The molecule has 4 heteroatoms. The van der Waals surface area contributed by atoms with E-state index in [0.29, 0.717) is 5.25 Å². The van der Waals surface area contributed by atoms with Crippen LogP contribution in [-0.4, -0.2) is 12.3 Å². The summed E-state index contributed by atoms with van der Waals surface area (Å²) in [6, 6.07) is 3.59. The third kappa shape index (κ3) is 2.03. The molecule has 2 unspecified atom stereocenters. The molecule has 1 nitrogen and oxygen atoms in total. The molecule has 2 atom stereocenters. The van der Waals surface area contributed by atoms with Crippen molar-refractivity contribution < 1.29 is 4.39 Å². The van der Waals surface area contributed by atoms with Crippen LogP contribution in [0, 0.1) is 5.82 Å². The predicted octanol–water partition coefficient (Wildman–Crippen LogP) is 3.87. The highest BCUT2D eigenvalue weighted by Crippen LogP contribution is 2.43. The number of hydrogen-bond acceptors (Lipinski definition) is 2. The van der Waals surface area contributed by atoms with E-state index in [2.05, 4.69) is 28.2 Å². The van der Waals surface area contributed by atoms with Gasteiger partial charge in [0.25, 0.3) is 0 Å². The molecular weight excluding hydrogens is 289 g/mol. The zero-order chi connectivity index (χ0) is 11.7. The lowest BCUT2D eigenvalue weighted by atomic mass is 9.96. The number of hydrogen-bond donors (Lipinski definition) is 1. The Bertz CT molecular complexity index is 397. The SMILES string of the molecule is CCC1SCc2c(F)ccc(Br)c2C1NC. The van der Waals surface area contributed by atoms with Crippen molar-refractivity contribution >= 4 is 27.7 Å². The van der Waals surface area contributed by atoms with Crippen LogP contribution in [0.25, 0.3) is 0 Å². The topological polar surface area (TPSA) is 12.0 Å². The van der Waals surface area contributed by atoms with Crippen LogP contribution in [0.1, 0.15) is 30.5 Å². The van der Waals surface area contributed by atoms with Gasteiger partial charge in [0.1, 0.15) is 5.82 Å². The van der Waals surface area contributed by atoms with Gasteiger partial charge in [-0.05, 0) is 31.2 Å². The van der Waals surface area contributed by atoms with Gasteiger partial charge in [-0.25, -0.2) is 4.39 Å². The average molecular weight is 304 g/mol. The second-order valence-corrected chi connectivity index (χ2v) is 6.03. The van der Waals surface area contributed by atoms with E-state index in [1.165, 1.54) is 0 Å². The highest BCUT2D eigenvalue weighted by atomic mass is 79.9. The Morgan fingerprint density at radius 3 is 2.94 bits per heavy atom. The smallest absolute Gasteiger partial charge is 0.127 e.